The summed E-state index contributed by atoms with van der Waals surface area (Å²) in [6.07, 6.45) is 3.17. The molecule has 0 unspecified atom stereocenters. The Kier molecular flexibility index (Phi) is 4.76. The maximum atomic E-state index is 11.1. The molecule has 2 aliphatic heterocycles. The Labute approximate surface area is 121 Å². The van der Waals surface area contributed by atoms with E-state index in [0.717, 1.165) is 32.4 Å². The molecule has 0 aromatic rings. The summed E-state index contributed by atoms with van der Waals surface area (Å²) in [5.74, 6) is 0.0881. The van der Waals surface area contributed by atoms with Crippen molar-refractivity contribution in [1.29, 1.82) is 0 Å². The fourth-order valence-corrected chi connectivity index (χ4v) is 2.64. The first kappa shape index (κ1) is 14.3. The number of piperidine rings is 1. The zero-order chi connectivity index (χ0) is 13.8. The van der Waals surface area contributed by atoms with Crippen molar-refractivity contribution >= 4 is 23.2 Å². The molecule has 2 fully saturated rings. The number of hydrogen-bond donors (Lipinski definition) is 1. The van der Waals surface area contributed by atoms with Crippen molar-refractivity contribution in [2.24, 2.45) is 0 Å². The average molecular weight is 308 g/mol. The molecular weight excluding hydrogens is 293 g/mol. The second-order valence-corrected chi connectivity index (χ2v) is 5.10. The SMILES string of the molecule is O=[N+]([O-])C(=C1\NCCO1)/C(Cl)=C(\Cl)N1CCCCC1. The Morgan fingerprint density at radius 1 is 1.32 bits per heavy atom. The van der Waals surface area contributed by atoms with Crippen molar-refractivity contribution in [3.8, 4) is 0 Å². The number of allylic oxidation sites excluding steroid dienone is 1. The number of hydrogen-bond acceptors (Lipinski definition) is 5. The van der Waals surface area contributed by atoms with Crippen molar-refractivity contribution < 1.29 is 9.66 Å². The molecule has 106 valence electrons. The summed E-state index contributed by atoms with van der Waals surface area (Å²) in [5.41, 5.74) is -0.297. The Morgan fingerprint density at radius 3 is 2.53 bits per heavy atom. The van der Waals surface area contributed by atoms with Gasteiger partial charge in [-0.2, -0.15) is 0 Å². The Hall–Kier alpha value is -1.14. The van der Waals surface area contributed by atoms with E-state index in [0.29, 0.717) is 13.2 Å². The number of ether oxygens (including phenoxy) is 1. The van der Waals surface area contributed by atoms with Crippen LogP contribution in [0, 0.1) is 10.1 Å². The predicted octanol–water partition coefficient (Wildman–Crippen LogP) is 2.18. The summed E-state index contributed by atoms with van der Waals surface area (Å²) in [5, 5.41) is 14.1. The van der Waals surface area contributed by atoms with Crippen LogP contribution in [-0.2, 0) is 4.74 Å². The third kappa shape index (κ3) is 3.25. The van der Waals surface area contributed by atoms with Crippen LogP contribution in [0.5, 0.6) is 0 Å². The van der Waals surface area contributed by atoms with Gasteiger partial charge >= 0.3 is 5.70 Å². The van der Waals surface area contributed by atoms with E-state index >= 15 is 0 Å². The third-order valence-electron chi connectivity index (χ3n) is 3.05. The quantitative estimate of drug-likeness (QED) is 0.492. The van der Waals surface area contributed by atoms with Crippen molar-refractivity contribution in [3.05, 3.63) is 31.9 Å². The van der Waals surface area contributed by atoms with Crippen LogP contribution in [-0.4, -0.2) is 36.1 Å². The van der Waals surface area contributed by atoms with Gasteiger partial charge in [-0.15, -0.1) is 0 Å². The monoisotopic (exact) mass is 307 g/mol. The Balaban J connectivity index is 2.29. The largest absolute Gasteiger partial charge is 0.472 e. The van der Waals surface area contributed by atoms with E-state index in [4.69, 9.17) is 27.9 Å². The van der Waals surface area contributed by atoms with Crippen LogP contribution in [0.25, 0.3) is 0 Å². The van der Waals surface area contributed by atoms with Gasteiger partial charge in [-0.1, -0.05) is 23.2 Å². The Morgan fingerprint density at radius 2 is 2.00 bits per heavy atom. The maximum absolute atomic E-state index is 11.1. The zero-order valence-corrected chi connectivity index (χ0v) is 11.8. The second-order valence-electron chi connectivity index (χ2n) is 4.36. The minimum absolute atomic E-state index is 0.0713. The number of nitrogens with zero attached hydrogens (tertiary/aromatic N) is 2. The van der Waals surface area contributed by atoms with Crippen LogP contribution in [0.15, 0.2) is 21.8 Å². The van der Waals surface area contributed by atoms with E-state index in [1.807, 2.05) is 4.90 Å². The number of nitrogens with one attached hydrogen (secondary N) is 1. The fourth-order valence-electron chi connectivity index (χ4n) is 2.11. The molecule has 0 spiro atoms. The second kappa shape index (κ2) is 6.34. The first-order valence-corrected chi connectivity index (χ1v) is 6.93. The lowest BCUT2D eigenvalue weighted by Crippen LogP contribution is -2.28. The number of likely N-dealkylation sites (tertiary alicyclic amines) is 1. The lowest BCUT2D eigenvalue weighted by molar-refractivity contribution is -0.423. The molecule has 2 heterocycles. The van der Waals surface area contributed by atoms with Gasteiger partial charge in [0.1, 0.15) is 11.8 Å². The number of halogens is 2. The molecule has 2 saturated heterocycles. The van der Waals surface area contributed by atoms with Crippen LogP contribution in [0.2, 0.25) is 0 Å². The Bertz CT molecular complexity index is 423. The standard InChI is InChI=1S/C11H15Cl2N3O3/c12-8(10(13)15-5-2-1-3-6-15)9(16(17)18)11-14-4-7-19-11/h14H,1-7H2/b10-8-,11-9+. The van der Waals surface area contributed by atoms with E-state index in [2.05, 4.69) is 5.32 Å². The highest BCUT2D eigenvalue weighted by Crippen LogP contribution is 2.29. The molecule has 0 aromatic carbocycles. The first-order chi connectivity index (χ1) is 9.11. The summed E-state index contributed by atoms with van der Waals surface area (Å²) >= 11 is 12.3. The van der Waals surface area contributed by atoms with Gasteiger partial charge in [-0.3, -0.25) is 10.1 Å². The van der Waals surface area contributed by atoms with Gasteiger partial charge in [-0.25, -0.2) is 0 Å². The number of rotatable bonds is 3. The minimum atomic E-state index is -0.567. The van der Waals surface area contributed by atoms with Crippen LogP contribution in [0.4, 0.5) is 0 Å². The lowest BCUT2D eigenvalue weighted by Gasteiger charge is -2.28. The zero-order valence-electron chi connectivity index (χ0n) is 10.3. The van der Waals surface area contributed by atoms with E-state index in [-0.39, 0.29) is 21.8 Å². The van der Waals surface area contributed by atoms with Crippen molar-refractivity contribution in [2.45, 2.75) is 19.3 Å². The van der Waals surface area contributed by atoms with Gasteiger partial charge < -0.3 is 15.0 Å². The van der Waals surface area contributed by atoms with Gasteiger partial charge in [0.2, 0.25) is 0 Å². The summed E-state index contributed by atoms with van der Waals surface area (Å²) in [6.45, 7) is 2.45. The van der Waals surface area contributed by atoms with E-state index in [1.54, 1.807) is 0 Å². The molecule has 0 radical (unpaired) electrons. The highest BCUT2D eigenvalue weighted by Gasteiger charge is 2.31. The van der Waals surface area contributed by atoms with E-state index in [1.165, 1.54) is 0 Å². The molecule has 0 bridgehead atoms. The van der Waals surface area contributed by atoms with Crippen LogP contribution in [0.1, 0.15) is 19.3 Å². The first-order valence-electron chi connectivity index (χ1n) is 6.17. The normalized spacial score (nSPS) is 23.4. The molecule has 2 rings (SSSR count). The third-order valence-corrected chi connectivity index (χ3v) is 3.94. The maximum Gasteiger partial charge on any atom is 0.349 e. The molecule has 19 heavy (non-hydrogen) atoms. The predicted molar refractivity (Wildman–Crippen MR) is 72.1 cm³/mol. The highest BCUT2D eigenvalue weighted by atomic mass is 35.5. The van der Waals surface area contributed by atoms with Crippen molar-refractivity contribution in [2.75, 3.05) is 26.2 Å². The minimum Gasteiger partial charge on any atom is -0.472 e. The van der Waals surface area contributed by atoms with Gasteiger partial charge in [0.25, 0.3) is 5.88 Å². The summed E-state index contributed by atoms with van der Waals surface area (Å²) in [7, 11) is 0. The molecule has 2 aliphatic rings. The lowest BCUT2D eigenvalue weighted by atomic mass is 10.1. The van der Waals surface area contributed by atoms with E-state index in [9.17, 15) is 10.1 Å². The molecule has 1 N–H and O–H groups in total. The molecular formula is C11H15Cl2N3O3. The number of nitro groups is 1. The van der Waals surface area contributed by atoms with E-state index < -0.39 is 4.92 Å². The van der Waals surface area contributed by atoms with Gasteiger partial charge in [0, 0.05) is 13.1 Å². The summed E-state index contributed by atoms with van der Waals surface area (Å²) in [4.78, 5) is 12.4. The highest BCUT2D eigenvalue weighted by molar-refractivity contribution is 6.40. The molecule has 6 nitrogen and oxygen atoms in total. The summed E-state index contributed by atoms with van der Waals surface area (Å²) in [6, 6.07) is 0. The van der Waals surface area contributed by atoms with Gasteiger partial charge in [0.15, 0.2) is 5.03 Å². The molecule has 0 aliphatic carbocycles. The van der Waals surface area contributed by atoms with Crippen molar-refractivity contribution in [3.63, 3.8) is 0 Å². The fraction of sp³-hybridized carbons (Fsp3) is 0.636. The van der Waals surface area contributed by atoms with Crippen LogP contribution < -0.4 is 5.32 Å². The molecule has 0 aromatic heterocycles. The van der Waals surface area contributed by atoms with Crippen LogP contribution in [0.3, 0.4) is 0 Å². The molecule has 0 amide bonds. The topological polar surface area (TPSA) is 67.6 Å². The van der Waals surface area contributed by atoms with Crippen molar-refractivity contribution in [1.82, 2.24) is 10.2 Å². The van der Waals surface area contributed by atoms with Gasteiger partial charge in [0.05, 0.1) is 11.5 Å². The average Bonchev–Trinajstić information content (AvgIpc) is 2.92. The smallest absolute Gasteiger partial charge is 0.349 e. The van der Waals surface area contributed by atoms with Crippen LogP contribution >= 0.6 is 23.2 Å². The molecule has 8 heteroatoms. The van der Waals surface area contributed by atoms with Gasteiger partial charge in [-0.05, 0) is 19.3 Å². The summed E-state index contributed by atoms with van der Waals surface area (Å²) < 4.78 is 5.17. The molecule has 0 atom stereocenters. The molecule has 0 saturated carbocycles.